The average molecular weight is 1170 g/mol. The van der Waals surface area contributed by atoms with E-state index in [1.165, 1.54) is 40.0 Å². The van der Waals surface area contributed by atoms with E-state index in [1.54, 1.807) is 11.2 Å². The number of thioether (sulfide) groups is 1. The number of rotatable bonds is 35. The molecule has 442 valence electrons. The molecule has 12 N–H and O–H groups in total. The molecule has 8 amide bonds. The van der Waals surface area contributed by atoms with Crippen LogP contribution in [0.3, 0.4) is 0 Å². The number of esters is 3. The highest BCUT2D eigenvalue weighted by Crippen LogP contribution is 2.23. The number of ketones is 1. The van der Waals surface area contributed by atoms with Crippen molar-refractivity contribution >= 4 is 110 Å². The number of hydrogen-bond acceptors (Lipinski definition) is 23. The third-order valence-corrected chi connectivity index (χ3v) is 15.0. The van der Waals surface area contributed by atoms with Crippen molar-refractivity contribution in [1.29, 1.82) is 0 Å². The molecule has 6 unspecified atom stereocenters. The minimum absolute atomic E-state index is 0.0279. The Hall–Kier alpha value is -5.80. The van der Waals surface area contributed by atoms with Gasteiger partial charge in [0.1, 0.15) is 24.2 Å². The van der Waals surface area contributed by atoms with Gasteiger partial charge in [-0.05, 0) is 32.4 Å². The molecular weight excluding hydrogens is 1090 g/mol. The molecule has 0 aromatic carbocycles. The lowest BCUT2D eigenvalue weighted by Crippen LogP contribution is -2.53. The Balaban J connectivity index is 3.01. The minimum Gasteiger partial charge on any atom is -0.481 e. The number of Topliss-reactive ketones (excluding diaryl/α,β-unsaturated/α-hetero) is 1. The SMILES string of the molecule is COC(=O)CN1CCN(CC(=O)NC(CSSCC(NC(=O)CCC(NC(=O)C(CCC(=O)NC(CSC)C(N)=O)NC(=O)C(C)CCC(=O)O)C(C)=O)C(N)=O)C(N)=O)CCN(CC(=O)OC)CCN(CC(=O)OC)CC1. The van der Waals surface area contributed by atoms with E-state index in [9.17, 15) is 62.3 Å². The number of nitrogens with zero attached hydrogens (tertiary/aromatic N) is 4. The van der Waals surface area contributed by atoms with Crippen LogP contribution < -0.4 is 43.8 Å². The smallest absolute Gasteiger partial charge is 0.319 e. The number of methoxy groups -OCH3 is 3. The molecule has 29 nitrogen and oxygen atoms in total. The number of carboxylic acids is 1. The fraction of sp³-hybridized carbons (Fsp3) is 0.717. The van der Waals surface area contributed by atoms with Crippen LogP contribution in [0.1, 0.15) is 52.4 Å². The fourth-order valence-corrected chi connectivity index (χ4v) is 10.1. The van der Waals surface area contributed by atoms with Crippen LogP contribution in [0.25, 0.3) is 0 Å². The first-order valence-electron chi connectivity index (χ1n) is 24.7. The molecule has 78 heavy (non-hydrogen) atoms. The quantitative estimate of drug-likeness (QED) is 0.0124. The van der Waals surface area contributed by atoms with Crippen molar-refractivity contribution in [2.75, 3.05) is 123 Å². The van der Waals surface area contributed by atoms with Gasteiger partial charge in [-0.3, -0.25) is 81.9 Å². The molecule has 1 saturated heterocycles. The molecule has 0 aromatic rings. The summed E-state index contributed by atoms with van der Waals surface area (Å²) in [6.45, 7) is 4.64. The maximum absolute atomic E-state index is 13.6. The predicted octanol–water partition coefficient (Wildman–Crippen LogP) is -5.00. The van der Waals surface area contributed by atoms with Crippen LogP contribution >= 0.6 is 33.3 Å². The molecule has 0 spiro atoms. The number of aliphatic carboxylic acids is 1. The molecule has 32 heteroatoms. The third-order valence-electron chi connectivity index (χ3n) is 12.0. The largest absolute Gasteiger partial charge is 0.481 e. The number of primary amides is 3. The van der Waals surface area contributed by atoms with Crippen molar-refractivity contribution in [3.05, 3.63) is 0 Å². The maximum Gasteiger partial charge on any atom is 0.319 e. The summed E-state index contributed by atoms with van der Waals surface area (Å²) >= 11 is 1.25. The molecule has 0 radical (unpaired) electrons. The topological polar surface area (TPSA) is 421 Å². The van der Waals surface area contributed by atoms with Crippen LogP contribution in [0, 0.1) is 5.92 Å². The first kappa shape index (κ1) is 70.2. The van der Waals surface area contributed by atoms with Gasteiger partial charge in [0.2, 0.25) is 47.3 Å². The highest BCUT2D eigenvalue weighted by molar-refractivity contribution is 8.76. The van der Waals surface area contributed by atoms with Gasteiger partial charge < -0.3 is 63.1 Å². The molecule has 0 bridgehead atoms. The van der Waals surface area contributed by atoms with E-state index in [0.717, 1.165) is 28.5 Å². The van der Waals surface area contributed by atoms with Crippen LogP contribution in [0.15, 0.2) is 0 Å². The van der Waals surface area contributed by atoms with E-state index in [0.29, 0.717) is 26.2 Å². The lowest BCUT2D eigenvalue weighted by molar-refractivity contribution is -0.144. The summed E-state index contributed by atoms with van der Waals surface area (Å²) in [5, 5.41) is 21.6. The molecular formula is C46H78N12O17S3. The van der Waals surface area contributed by atoms with Crippen LogP contribution in [-0.4, -0.2) is 255 Å². The van der Waals surface area contributed by atoms with E-state index < -0.39 is 119 Å². The number of nitrogens with two attached hydrogens (primary N) is 3. The summed E-state index contributed by atoms with van der Waals surface area (Å²) < 4.78 is 14.6. The van der Waals surface area contributed by atoms with E-state index in [-0.39, 0.29) is 102 Å². The maximum atomic E-state index is 13.6. The zero-order valence-electron chi connectivity index (χ0n) is 45.0. The van der Waals surface area contributed by atoms with Crippen LogP contribution in [-0.2, 0) is 76.5 Å². The lowest BCUT2D eigenvalue weighted by atomic mass is 10.0. The Labute approximate surface area is 465 Å². The number of carbonyl (C=O) groups excluding carboxylic acids is 12. The van der Waals surface area contributed by atoms with E-state index in [4.69, 9.17) is 36.5 Å². The van der Waals surface area contributed by atoms with Crippen LogP contribution in [0.5, 0.6) is 0 Å². The molecule has 6 atom stereocenters. The lowest BCUT2D eigenvalue weighted by Gasteiger charge is -2.33. The highest BCUT2D eigenvalue weighted by Gasteiger charge is 2.30. The number of carbonyl (C=O) groups is 13. The monoisotopic (exact) mass is 1170 g/mol. The number of carboxylic acid groups (broad SMARTS) is 1. The van der Waals surface area contributed by atoms with Gasteiger partial charge in [-0.2, -0.15) is 11.8 Å². The zero-order chi connectivity index (χ0) is 58.9. The van der Waals surface area contributed by atoms with Crippen molar-refractivity contribution in [3.8, 4) is 0 Å². The number of ether oxygens (including phenoxy) is 3. The zero-order valence-corrected chi connectivity index (χ0v) is 47.5. The van der Waals surface area contributed by atoms with Gasteiger partial charge in [-0.15, -0.1) is 0 Å². The normalized spacial score (nSPS) is 16.3. The average Bonchev–Trinajstić information content (AvgIpc) is 3.38. The second-order valence-electron chi connectivity index (χ2n) is 18.1. The van der Waals surface area contributed by atoms with Gasteiger partial charge in [-0.25, -0.2) is 0 Å². The van der Waals surface area contributed by atoms with E-state index in [1.807, 2.05) is 14.7 Å². The van der Waals surface area contributed by atoms with Crippen molar-refractivity contribution < 1.29 is 81.6 Å². The Morgan fingerprint density at radius 3 is 1.17 bits per heavy atom. The van der Waals surface area contributed by atoms with Gasteiger partial charge in [-0.1, -0.05) is 28.5 Å². The van der Waals surface area contributed by atoms with Crippen molar-refractivity contribution in [2.24, 2.45) is 23.1 Å². The Bertz CT molecular complexity index is 2030. The molecule has 1 fully saturated rings. The predicted molar refractivity (Wildman–Crippen MR) is 288 cm³/mol. The van der Waals surface area contributed by atoms with Crippen molar-refractivity contribution in [1.82, 2.24) is 46.2 Å². The Morgan fingerprint density at radius 1 is 0.474 bits per heavy atom. The molecule has 1 rings (SSSR count). The summed E-state index contributed by atoms with van der Waals surface area (Å²) in [6, 6.07) is -6.18. The first-order chi connectivity index (χ1) is 36.8. The summed E-state index contributed by atoms with van der Waals surface area (Å²) in [6.07, 6.45) is -0.0866. The standard InChI is InChI=1S/C46H78N12O17S3/c1-28(7-12-38(63)64)45(71)54-31(9-11-36(61)50-32(25-76-6)42(47)68)46(72)53-30(29(2)59)8-10-35(60)51-33(43(48)69)26-77-78-27-34(44(49)70)52-37(62)21-55-13-15-56(22-39(65)73-3)17-19-58(24-41(67)75-5)20-18-57(16-14-55)23-40(66)74-4/h28,30-34H,7-27H2,1-6H3,(H2,47,68)(H2,48,69)(H2,49,70)(H,50,61)(H,51,60)(H,52,62)(H,53,72)(H,54,71)(H,63,64). The fourth-order valence-electron chi connectivity index (χ4n) is 7.17. The van der Waals surface area contributed by atoms with Gasteiger partial charge in [0.05, 0.1) is 53.6 Å². The second-order valence-corrected chi connectivity index (χ2v) is 21.5. The van der Waals surface area contributed by atoms with Crippen LogP contribution in [0.2, 0.25) is 0 Å². The summed E-state index contributed by atoms with van der Waals surface area (Å²) in [4.78, 5) is 171. The van der Waals surface area contributed by atoms with Crippen molar-refractivity contribution in [3.63, 3.8) is 0 Å². The van der Waals surface area contributed by atoms with Gasteiger partial charge in [0.15, 0.2) is 5.78 Å². The summed E-state index contributed by atoms with van der Waals surface area (Å²) in [5.41, 5.74) is 16.6. The Kier molecular flexibility index (Phi) is 34.9. The molecule has 1 aliphatic heterocycles. The molecule has 0 saturated carbocycles. The molecule has 1 aliphatic rings. The van der Waals surface area contributed by atoms with Crippen molar-refractivity contribution in [2.45, 2.75) is 82.6 Å². The van der Waals surface area contributed by atoms with E-state index in [2.05, 4.69) is 26.6 Å². The number of hydrogen-bond donors (Lipinski definition) is 9. The van der Waals surface area contributed by atoms with Gasteiger partial charge in [0, 0.05) is 94.8 Å². The molecule has 0 aromatic heterocycles. The first-order valence-corrected chi connectivity index (χ1v) is 28.6. The Morgan fingerprint density at radius 2 is 0.821 bits per heavy atom. The number of nitrogens with one attached hydrogen (secondary N) is 5. The van der Waals surface area contributed by atoms with Gasteiger partial charge >= 0.3 is 23.9 Å². The second kappa shape index (κ2) is 38.7. The third kappa shape index (κ3) is 30.4. The van der Waals surface area contributed by atoms with Gasteiger partial charge in [0.25, 0.3) is 0 Å². The summed E-state index contributed by atoms with van der Waals surface area (Å²) in [5.74, 6) is -10.2. The number of amides is 8. The molecule has 0 aliphatic carbocycles. The van der Waals surface area contributed by atoms with Crippen LogP contribution in [0.4, 0.5) is 0 Å². The highest BCUT2D eigenvalue weighted by atomic mass is 33.1. The molecule has 1 heterocycles. The summed E-state index contributed by atoms with van der Waals surface area (Å²) in [7, 11) is 5.85. The minimum atomic E-state index is -1.42. The van der Waals surface area contributed by atoms with E-state index >= 15 is 0 Å².